The summed E-state index contributed by atoms with van der Waals surface area (Å²) in [6, 6.07) is 5.27. The Morgan fingerprint density at radius 1 is 1.30 bits per heavy atom. The molecule has 2 N–H and O–H groups in total. The molecule has 0 saturated heterocycles. The number of rotatable bonds is 3. The van der Waals surface area contributed by atoms with Crippen molar-refractivity contribution in [1.82, 2.24) is 14.5 Å². The predicted molar refractivity (Wildman–Crippen MR) is 96.4 cm³/mol. The van der Waals surface area contributed by atoms with Gasteiger partial charge in [-0.3, -0.25) is 19.2 Å². The second kappa shape index (κ2) is 6.65. The van der Waals surface area contributed by atoms with Gasteiger partial charge in [-0.25, -0.2) is 0 Å². The molecule has 0 saturated carbocycles. The number of aromatic nitrogens is 2. The van der Waals surface area contributed by atoms with Crippen LogP contribution in [0, 0.1) is 4.77 Å². The topological polar surface area (TPSA) is 53.1 Å². The average molecular weight is 371 g/mol. The summed E-state index contributed by atoms with van der Waals surface area (Å²) in [7, 11) is 0. The quantitative estimate of drug-likeness (QED) is 0.806. The maximum absolute atomic E-state index is 12.3. The van der Waals surface area contributed by atoms with Crippen molar-refractivity contribution < 1.29 is 0 Å². The Labute approximate surface area is 148 Å². The van der Waals surface area contributed by atoms with Gasteiger partial charge in [-0.15, -0.1) is 0 Å². The molecule has 2 heterocycles. The van der Waals surface area contributed by atoms with Gasteiger partial charge in [-0.2, -0.15) is 0 Å². The van der Waals surface area contributed by atoms with Gasteiger partial charge in [-0.1, -0.05) is 30.1 Å². The number of halogens is 2. The standard InChI is InChI=1S/C15H16Cl2N4OS/c1-2-5-20-7-10-13(18-8-20)21(15(23)19-14(10)22)9-3-4-11(16)12(17)6-9/h3-4,6,18H,2,5,7-8H2,1H3,(H,19,22,23). The van der Waals surface area contributed by atoms with Crippen molar-refractivity contribution in [2.24, 2.45) is 0 Å². The molecule has 0 spiro atoms. The molecule has 0 amide bonds. The number of benzene rings is 1. The van der Waals surface area contributed by atoms with E-state index in [2.05, 4.69) is 22.1 Å². The number of nitrogens with zero attached hydrogens (tertiary/aromatic N) is 2. The molecular formula is C15H16Cl2N4OS. The van der Waals surface area contributed by atoms with E-state index in [0.717, 1.165) is 18.7 Å². The van der Waals surface area contributed by atoms with Gasteiger partial charge in [0.25, 0.3) is 5.56 Å². The molecule has 5 nitrogen and oxygen atoms in total. The molecule has 8 heteroatoms. The molecule has 2 aromatic rings. The van der Waals surface area contributed by atoms with E-state index in [1.54, 1.807) is 16.7 Å². The zero-order chi connectivity index (χ0) is 16.6. The Morgan fingerprint density at radius 3 is 2.78 bits per heavy atom. The number of anilines is 1. The average Bonchev–Trinajstić information content (AvgIpc) is 2.51. The Balaban J connectivity index is 2.15. The Kier molecular flexibility index (Phi) is 4.77. The maximum atomic E-state index is 12.3. The van der Waals surface area contributed by atoms with E-state index >= 15 is 0 Å². The van der Waals surface area contributed by atoms with E-state index in [9.17, 15) is 4.79 Å². The zero-order valence-corrected chi connectivity index (χ0v) is 14.9. The van der Waals surface area contributed by atoms with E-state index in [4.69, 9.17) is 35.4 Å². The van der Waals surface area contributed by atoms with Crippen LogP contribution in [0.2, 0.25) is 10.0 Å². The summed E-state index contributed by atoms with van der Waals surface area (Å²) in [5, 5.41) is 4.22. The first-order valence-electron chi connectivity index (χ1n) is 7.31. The molecule has 0 bridgehead atoms. The molecule has 0 atom stereocenters. The van der Waals surface area contributed by atoms with Crippen LogP contribution in [0.4, 0.5) is 5.82 Å². The first kappa shape index (κ1) is 16.5. The van der Waals surface area contributed by atoms with E-state index < -0.39 is 0 Å². The van der Waals surface area contributed by atoms with Crippen LogP contribution in [0.1, 0.15) is 18.9 Å². The lowest BCUT2D eigenvalue weighted by Gasteiger charge is -2.30. The summed E-state index contributed by atoms with van der Waals surface area (Å²) >= 11 is 17.4. The Bertz CT molecular complexity index is 862. The van der Waals surface area contributed by atoms with Gasteiger partial charge < -0.3 is 5.32 Å². The third-order valence-corrected chi connectivity index (χ3v) is 4.78. The highest BCUT2D eigenvalue weighted by atomic mass is 35.5. The zero-order valence-electron chi connectivity index (χ0n) is 12.5. The Hall–Kier alpha value is -1.34. The fourth-order valence-electron chi connectivity index (χ4n) is 2.72. The first-order valence-corrected chi connectivity index (χ1v) is 8.47. The molecule has 23 heavy (non-hydrogen) atoms. The minimum absolute atomic E-state index is 0.158. The van der Waals surface area contributed by atoms with Crippen molar-refractivity contribution >= 4 is 41.2 Å². The van der Waals surface area contributed by atoms with Gasteiger partial charge in [0, 0.05) is 6.54 Å². The maximum Gasteiger partial charge on any atom is 0.258 e. The van der Waals surface area contributed by atoms with Gasteiger partial charge >= 0.3 is 0 Å². The molecule has 0 fully saturated rings. The van der Waals surface area contributed by atoms with E-state index in [1.165, 1.54) is 0 Å². The second-order valence-electron chi connectivity index (χ2n) is 5.41. The van der Waals surface area contributed by atoms with Crippen LogP contribution >= 0.6 is 35.4 Å². The van der Waals surface area contributed by atoms with Crippen molar-refractivity contribution in [3.8, 4) is 5.69 Å². The molecule has 1 aliphatic heterocycles. The fourth-order valence-corrected chi connectivity index (χ4v) is 3.30. The monoisotopic (exact) mass is 370 g/mol. The predicted octanol–water partition coefficient (Wildman–Crippen LogP) is 3.80. The SMILES string of the molecule is CCCN1CNc2c(c(=O)[nH]c(=S)n2-c2ccc(Cl)c(Cl)c2)C1. The van der Waals surface area contributed by atoms with Crippen LogP contribution in [-0.4, -0.2) is 27.7 Å². The normalized spacial score (nSPS) is 14.4. The molecule has 122 valence electrons. The van der Waals surface area contributed by atoms with Crippen LogP contribution in [0.3, 0.4) is 0 Å². The number of aromatic amines is 1. The molecule has 1 aliphatic rings. The summed E-state index contributed by atoms with van der Waals surface area (Å²) in [6.07, 6.45) is 1.03. The summed E-state index contributed by atoms with van der Waals surface area (Å²) in [5.41, 5.74) is 1.27. The van der Waals surface area contributed by atoms with Crippen LogP contribution in [0.25, 0.3) is 5.69 Å². The van der Waals surface area contributed by atoms with Crippen LogP contribution in [0.5, 0.6) is 0 Å². The first-order chi connectivity index (χ1) is 11.0. The Morgan fingerprint density at radius 2 is 2.09 bits per heavy atom. The number of hydrogen-bond acceptors (Lipinski definition) is 4. The van der Waals surface area contributed by atoms with E-state index in [1.807, 2.05) is 6.07 Å². The number of hydrogen-bond donors (Lipinski definition) is 2. The van der Waals surface area contributed by atoms with Gasteiger partial charge in [0.05, 0.1) is 28.0 Å². The van der Waals surface area contributed by atoms with Gasteiger partial charge in [0.2, 0.25) is 0 Å². The van der Waals surface area contributed by atoms with Crippen molar-refractivity contribution in [3.05, 3.63) is 48.9 Å². The van der Waals surface area contributed by atoms with Crippen LogP contribution in [-0.2, 0) is 6.54 Å². The summed E-state index contributed by atoms with van der Waals surface area (Å²) < 4.78 is 2.11. The highest BCUT2D eigenvalue weighted by Gasteiger charge is 2.22. The molecule has 0 radical (unpaired) electrons. The van der Waals surface area contributed by atoms with Gasteiger partial charge in [-0.05, 0) is 43.4 Å². The molecule has 1 aromatic carbocycles. The minimum atomic E-state index is -0.158. The molecule has 3 rings (SSSR count). The highest BCUT2D eigenvalue weighted by molar-refractivity contribution is 7.71. The number of H-pyrrole nitrogens is 1. The second-order valence-corrected chi connectivity index (χ2v) is 6.61. The van der Waals surface area contributed by atoms with Gasteiger partial charge in [0.1, 0.15) is 5.82 Å². The van der Waals surface area contributed by atoms with E-state index in [0.29, 0.717) is 39.4 Å². The molecular weight excluding hydrogens is 355 g/mol. The lowest BCUT2D eigenvalue weighted by Crippen LogP contribution is -2.39. The third kappa shape index (κ3) is 3.17. The third-order valence-electron chi connectivity index (χ3n) is 3.76. The minimum Gasteiger partial charge on any atom is -0.358 e. The molecule has 0 unspecified atom stereocenters. The van der Waals surface area contributed by atoms with Crippen molar-refractivity contribution in [2.45, 2.75) is 19.9 Å². The van der Waals surface area contributed by atoms with Crippen molar-refractivity contribution in [2.75, 3.05) is 18.5 Å². The summed E-state index contributed by atoms with van der Waals surface area (Å²) in [5.74, 6) is 0.712. The number of fused-ring (bicyclic) bond motifs is 1. The van der Waals surface area contributed by atoms with Crippen LogP contribution < -0.4 is 10.9 Å². The summed E-state index contributed by atoms with van der Waals surface area (Å²) in [4.78, 5) is 17.2. The van der Waals surface area contributed by atoms with Crippen LogP contribution in [0.15, 0.2) is 23.0 Å². The van der Waals surface area contributed by atoms with Crippen molar-refractivity contribution in [3.63, 3.8) is 0 Å². The smallest absolute Gasteiger partial charge is 0.258 e. The van der Waals surface area contributed by atoms with Gasteiger partial charge in [0.15, 0.2) is 4.77 Å². The van der Waals surface area contributed by atoms with Crippen molar-refractivity contribution in [1.29, 1.82) is 0 Å². The largest absolute Gasteiger partial charge is 0.358 e. The lowest BCUT2D eigenvalue weighted by atomic mass is 10.2. The lowest BCUT2D eigenvalue weighted by molar-refractivity contribution is 0.273. The fraction of sp³-hybridized carbons (Fsp3) is 0.333. The molecule has 1 aromatic heterocycles. The summed E-state index contributed by atoms with van der Waals surface area (Å²) in [6.45, 7) is 4.29. The van der Waals surface area contributed by atoms with E-state index in [-0.39, 0.29) is 5.56 Å². The molecule has 0 aliphatic carbocycles. The highest BCUT2D eigenvalue weighted by Crippen LogP contribution is 2.28. The number of nitrogens with one attached hydrogen (secondary N) is 2.